The van der Waals surface area contributed by atoms with Gasteiger partial charge in [0.15, 0.2) is 5.69 Å². The number of rotatable bonds is 4. The molecule has 1 aliphatic rings. The normalized spacial score (nSPS) is 17.2. The van der Waals surface area contributed by atoms with Crippen molar-refractivity contribution in [2.75, 3.05) is 12.3 Å². The van der Waals surface area contributed by atoms with Crippen LogP contribution in [0.4, 0.5) is 5.82 Å². The van der Waals surface area contributed by atoms with Crippen molar-refractivity contribution in [2.45, 2.75) is 32.6 Å². The summed E-state index contributed by atoms with van der Waals surface area (Å²) in [6.45, 7) is 2.91. The number of nitrogen functional groups attached to an aromatic ring is 1. The molecule has 1 fully saturated rings. The molecule has 0 unspecified atom stereocenters. The van der Waals surface area contributed by atoms with Gasteiger partial charge in [0.2, 0.25) is 0 Å². The summed E-state index contributed by atoms with van der Waals surface area (Å²) in [6, 6.07) is 3.18. The number of hydrogen-bond acceptors (Lipinski definition) is 4. The van der Waals surface area contributed by atoms with Crippen molar-refractivity contribution in [3.8, 4) is 0 Å². The van der Waals surface area contributed by atoms with Gasteiger partial charge in [0.1, 0.15) is 5.82 Å². The van der Waals surface area contributed by atoms with Crippen LogP contribution in [-0.2, 0) is 0 Å². The van der Waals surface area contributed by atoms with Gasteiger partial charge < -0.3 is 11.1 Å². The van der Waals surface area contributed by atoms with Gasteiger partial charge in [-0.05, 0) is 36.8 Å². The minimum Gasteiger partial charge on any atom is -0.382 e. The predicted octanol–water partition coefficient (Wildman–Crippen LogP) is 1.37. The predicted molar refractivity (Wildman–Crippen MR) is 65.4 cm³/mol. The van der Waals surface area contributed by atoms with Gasteiger partial charge >= 0.3 is 0 Å². The third-order valence-corrected chi connectivity index (χ3v) is 3.71. The first-order valence-corrected chi connectivity index (χ1v) is 6.03. The lowest BCUT2D eigenvalue weighted by molar-refractivity contribution is 0.0844. The van der Waals surface area contributed by atoms with E-state index in [1.807, 2.05) is 0 Å². The topological polar surface area (TPSA) is 80.9 Å². The molecule has 1 heterocycles. The molecule has 1 aromatic heterocycles. The Morgan fingerprint density at radius 3 is 2.71 bits per heavy atom. The third kappa shape index (κ3) is 2.54. The summed E-state index contributed by atoms with van der Waals surface area (Å²) in [7, 11) is 0. The first-order valence-electron chi connectivity index (χ1n) is 6.03. The Bertz CT molecular complexity index is 392. The van der Waals surface area contributed by atoms with Gasteiger partial charge in [0.05, 0.1) is 0 Å². The summed E-state index contributed by atoms with van der Waals surface area (Å²) in [5, 5.41) is 10.4. The average Bonchev–Trinajstić information content (AvgIpc) is 2.29. The standard InChI is InChI=1S/C12H18N4O/c1-2-12(6-3-7-12)8-14-11(17)9-4-5-10(13)16-15-9/h4-5H,2-3,6-8H2,1H3,(H2,13,16)(H,14,17). The van der Waals surface area contributed by atoms with Crippen LogP contribution in [0.5, 0.6) is 0 Å². The molecule has 0 saturated heterocycles. The summed E-state index contributed by atoms with van der Waals surface area (Å²) in [6.07, 6.45) is 4.79. The molecule has 5 heteroatoms. The van der Waals surface area contributed by atoms with E-state index in [1.165, 1.54) is 19.3 Å². The fourth-order valence-corrected chi connectivity index (χ4v) is 2.15. The van der Waals surface area contributed by atoms with Gasteiger partial charge in [-0.2, -0.15) is 0 Å². The van der Waals surface area contributed by atoms with Crippen LogP contribution in [0.25, 0.3) is 0 Å². The van der Waals surface area contributed by atoms with Crippen LogP contribution in [0.2, 0.25) is 0 Å². The molecular weight excluding hydrogens is 216 g/mol. The van der Waals surface area contributed by atoms with Gasteiger partial charge in [-0.25, -0.2) is 0 Å². The summed E-state index contributed by atoms with van der Waals surface area (Å²) < 4.78 is 0. The molecule has 1 amide bonds. The van der Waals surface area contributed by atoms with Crippen molar-refractivity contribution in [3.05, 3.63) is 17.8 Å². The fourth-order valence-electron chi connectivity index (χ4n) is 2.15. The quantitative estimate of drug-likeness (QED) is 0.824. The number of nitrogens with zero attached hydrogens (tertiary/aromatic N) is 2. The number of nitrogens with one attached hydrogen (secondary N) is 1. The maximum Gasteiger partial charge on any atom is 0.271 e. The molecule has 1 saturated carbocycles. The van der Waals surface area contributed by atoms with Crippen molar-refractivity contribution < 1.29 is 4.79 Å². The van der Waals surface area contributed by atoms with E-state index in [0.717, 1.165) is 13.0 Å². The third-order valence-electron chi connectivity index (χ3n) is 3.71. The number of amides is 1. The Kier molecular flexibility index (Phi) is 3.26. The second kappa shape index (κ2) is 4.69. The van der Waals surface area contributed by atoms with E-state index < -0.39 is 0 Å². The highest BCUT2D eigenvalue weighted by Gasteiger charge is 2.35. The fraction of sp³-hybridized carbons (Fsp3) is 0.583. The summed E-state index contributed by atoms with van der Waals surface area (Å²) >= 11 is 0. The van der Waals surface area contributed by atoms with Crippen LogP contribution in [-0.4, -0.2) is 22.6 Å². The Morgan fingerprint density at radius 2 is 2.24 bits per heavy atom. The van der Waals surface area contributed by atoms with E-state index in [-0.39, 0.29) is 5.91 Å². The van der Waals surface area contributed by atoms with Crippen LogP contribution < -0.4 is 11.1 Å². The zero-order chi connectivity index (χ0) is 12.3. The molecule has 1 aliphatic carbocycles. The Hall–Kier alpha value is -1.65. The highest BCUT2D eigenvalue weighted by Crippen LogP contribution is 2.43. The van der Waals surface area contributed by atoms with Crippen LogP contribution in [0, 0.1) is 5.41 Å². The van der Waals surface area contributed by atoms with Crippen molar-refractivity contribution in [3.63, 3.8) is 0 Å². The van der Waals surface area contributed by atoms with E-state index in [9.17, 15) is 4.79 Å². The van der Waals surface area contributed by atoms with Gasteiger partial charge in [0, 0.05) is 6.54 Å². The summed E-state index contributed by atoms with van der Waals surface area (Å²) in [4.78, 5) is 11.8. The van der Waals surface area contributed by atoms with Crippen LogP contribution in [0.1, 0.15) is 43.1 Å². The molecular formula is C12H18N4O. The minimum atomic E-state index is -0.169. The van der Waals surface area contributed by atoms with Crippen LogP contribution in [0.3, 0.4) is 0 Å². The Balaban J connectivity index is 1.91. The largest absolute Gasteiger partial charge is 0.382 e. The number of anilines is 1. The molecule has 1 aromatic rings. The van der Waals surface area contributed by atoms with Crippen molar-refractivity contribution in [2.24, 2.45) is 5.41 Å². The van der Waals surface area contributed by atoms with Crippen molar-refractivity contribution in [1.82, 2.24) is 15.5 Å². The molecule has 0 aromatic carbocycles. The zero-order valence-corrected chi connectivity index (χ0v) is 10.1. The number of carbonyl (C=O) groups excluding carboxylic acids is 1. The Morgan fingerprint density at radius 1 is 1.47 bits per heavy atom. The van der Waals surface area contributed by atoms with Crippen molar-refractivity contribution in [1.29, 1.82) is 0 Å². The highest BCUT2D eigenvalue weighted by atomic mass is 16.1. The van der Waals surface area contributed by atoms with Gasteiger partial charge in [-0.1, -0.05) is 13.3 Å². The molecule has 3 N–H and O–H groups in total. The lowest BCUT2D eigenvalue weighted by atomic mass is 9.67. The van der Waals surface area contributed by atoms with Gasteiger partial charge in [-0.3, -0.25) is 4.79 Å². The maximum atomic E-state index is 11.8. The lowest BCUT2D eigenvalue weighted by Crippen LogP contribution is -2.41. The molecule has 17 heavy (non-hydrogen) atoms. The van der Waals surface area contributed by atoms with E-state index in [4.69, 9.17) is 5.73 Å². The van der Waals surface area contributed by atoms with E-state index in [1.54, 1.807) is 12.1 Å². The van der Waals surface area contributed by atoms with Crippen LogP contribution in [0.15, 0.2) is 12.1 Å². The first kappa shape index (κ1) is 11.8. The van der Waals surface area contributed by atoms with E-state index in [2.05, 4.69) is 22.4 Å². The van der Waals surface area contributed by atoms with E-state index in [0.29, 0.717) is 16.9 Å². The van der Waals surface area contributed by atoms with Crippen molar-refractivity contribution >= 4 is 11.7 Å². The molecule has 2 rings (SSSR count). The monoisotopic (exact) mass is 234 g/mol. The molecule has 0 bridgehead atoms. The second-order valence-electron chi connectivity index (χ2n) is 4.73. The molecule has 0 radical (unpaired) electrons. The number of carbonyl (C=O) groups is 1. The zero-order valence-electron chi connectivity index (χ0n) is 10.1. The second-order valence-corrected chi connectivity index (χ2v) is 4.73. The Labute approximate surface area is 101 Å². The summed E-state index contributed by atoms with van der Waals surface area (Å²) in [5.74, 6) is 0.155. The summed E-state index contributed by atoms with van der Waals surface area (Å²) in [5.41, 5.74) is 6.06. The maximum absolute atomic E-state index is 11.8. The highest BCUT2D eigenvalue weighted by molar-refractivity contribution is 5.92. The lowest BCUT2D eigenvalue weighted by Gasteiger charge is -2.41. The molecule has 92 valence electrons. The van der Waals surface area contributed by atoms with Gasteiger partial charge in [0.25, 0.3) is 5.91 Å². The van der Waals surface area contributed by atoms with E-state index >= 15 is 0 Å². The minimum absolute atomic E-state index is 0.169. The number of hydrogen-bond donors (Lipinski definition) is 2. The molecule has 0 aliphatic heterocycles. The molecule has 5 nitrogen and oxygen atoms in total. The van der Waals surface area contributed by atoms with Gasteiger partial charge in [-0.15, -0.1) is 10.2 Å². The molecule has 0 atom stereocenters. The molecule has 0 spiro atoms. The smallest absolute Gasteiger partial charge is 0.271 e. The first-order chi connectivity index (χ1) is 8.15. The SMILES string of the molecule is CCC1(CNC(=O)c2ccc(N)nn2)CCC1. The van der Waals surface area contributed by atoms with Crippen LogP contribution >= 0.6 is 0 Å². The number of aromatic nitrogens is 2. The average molecular weight is 234 g/mol. The number of nitrogens with two attached hydrogens (primary N) is 1.